The number of carbonyl (C=O) groups excluding carboxylic acids is 2. The Balaban J connectivity index is 0.00000256. The Bertz CT molecular complexity index is 283. The molecular weight excluding hydrogens is 262 g/mol. The predicted octanol–water partition coefficient (Wildman–Crippen LogP) is 0.0128. The lowest BCUT2D eigenvalue weighted by Gasteiger charge is -2.23. The summed E-state index contributed by atoms with van der Waals surface area (Å²) in [7, 11) is 0. The molecule has 2 amide bonds. The maximum atomic E-state index is 11.5. The Labute approximate surface area is 112 Å². The number of rotatable bonds is 5. The van der Waals surface area contributed by atoms with Crippen LogP contribution < -0.4 is 16.8 Å². The van der Waals surface area contributed by atoms with Crippen molar-refractivity contribution in [3.8, 4) is 0 Å². The molecule has 1 aliphatic heterocycles. The summed E-state index contributed by atoms with van der Waals surface area (Å²) in [5, 5.41) is 2.78. The molecule has 1 rings (SSSR count). The second-order valence-corrected chi connectivity index (χ2v) is 6.08. The number of primary amides is 1. The summed E-state index contributed by atoms with van der Waals surface area (Å²) in [5.74, 6) is 0.288. The molecule has 100 valence electrons. The largest absolute Gasteiger partial charge is 0.370 e. The van der Waals surface area contributed by atoms with E-state index in [9.17, 15) is 9.59 Å². The van der Waals surface area contributed by atoms with E-state index in [0.29, 0.717) is 6.54 Å². The van der Waals surface area contributed by atoms with Gasteiger partial charge >= 0.3 is 0 Å². The Morgan fingerprint density at radius 3 is 2.65 bits per heavy atom. The molecule has 0 aromatic rings. The Hall–Kier alpha value is -0.460. The number of halogens is 1. The van der Waals surface area contributed by atoms with Gasteiger partial charge in [0.2, 0.25) is 11.8 Å². The van der Waals surface area contributed by atoms with Crippen LogP contribution in [0, 0.1) is 0 Å². The van der Waals surface area contributed by atoms with Gasteiger partial charge in [-0.1, -0.05) is 0 Å². The zero-order valence-corrected chi connectivity index (χ0v) is 11.5. The first-order chi connectivity index (χ1) is 7.43. The molecule has 0 saturated carbocycles. The normalized spacial score (nSPS) is 24.8. The molecule has 1 saturated heterocycles. The third-order valence-electron chi connectivity index (χ3n) is 2.69. The van der Waals surface area contributed by atoms with E-state index in [2.05, 4.69) is 12.2 Å². The lowest BCUT2D eigenvalue weighted by molar-refractivity contribution is -0.126. The van der Waals surface area contributed by atoms with E-state index < -0.39 is 11.9 Å². The lowest BCUT2D eigenvalue weighted by Crippen LogP contribution is -2.46. The number of carbonyl (C=O) groups is 2. The van der Waals surface area contributed by atoms with Gasteiger partial charge in [0.25, 0.3) is 0 Å². The molecule has 17 heavy (non-hydrogen) atoms. The predicted molar refractivity (Wildman–Crippen MR) is 72.1 cm³/mol. The number of thioether (sulfide) groups is 1. The average molecular weight is 282 g/mol. The van der Waals surface area contributed by atoms with Gasteiger partial charge in [0.1, 0.15) is 0 Å². The number of amides is 2. The van der Waals surface area contributed by atoms with Crippen molar-refractivity contribution in [3.63, 3.8) is 0 Å². The lowest BCUT2D eigenvalue weighted by atomic mass is 10.1. The van der Waals surface area contributed by atoms with E-state index in [1.807, 2.05) is 11.8 Å². The van der Waals surface area contributed by atoms with Crippen molar-refractivity contribution in [1.29, 1.82) is 0 Å². The number of hydrogen-bond donors (Lipinski definition) is 3. The molecular formula is C10H20ClN3O2S. The van der Waals surface area contributed by atoms with Crippen LogP contribution in [-0.4, -0.2) is 34.9 Å². The fraction of sp³-hybridized carbons (Fsp3) is 0.800. The molecule has 0 aromatic carbocycles. The Morgan fingerprint density at radius 2 is 2.18 bits per heavy atom. The van der Waals surface area contributed by atoms with Crippen molar-refractivity contribution in [2.45, 2.75) is 37.0 Å². The summed E-state index contributed by atoms with van der Waals surface area (Å²) >= 11 is 1.87. The van der Waals surface area contributed by atoms with Crippen molar-refractivity contribution in [3.05, 3.63) is 0 Å². The summed E-state index contributed by atoms with van der Waals surface area (Å²) in [4.78, 5) is 22.1. The molecule has 0 radical (unpaired) electrons. The second-order valence-electron chi connectivity index (χ2n) is 4.40. The van der Waals surface area contributed by atoms with E-state index in [0.717, 1.165) is 12.2 Å². The highest BCUT2D eigenvalue weighted by Crippen LogP contribution is 2.36. The zero-order valence-electron chi connectivity index (χ0n) is 9.90. The van der Waals surface area contributed by atoms with E-state index in [-0.39, 0.29) is 29.5 Å². The van der Waals surface area contributed by atoms with E-state index in [4.69, 9.17) is 11.5 Å². The van der Waals surface area contributed by atoms with Crippen LogP contribution in [-0.2, 0) is 9.59 Å². The van der Waals surface area contributed by atoms with E-state index in [1.165, 1.54) is 6.42 Å². The van der Waals surface area contributed by atoms with Crippen LogP contribution in [0.2, 0.25) is 0 Å². The van der Waals surface area contributed by atoms with Crippen molar-refractivity contribution >= 4 is 36.0 Å². The molecule has 1 fully saturated rings. The van der Waals surface area contributed by atoms with Crippen LogP contribution in [0.4, 0.5) is 0 Å². The molecule has 7 heteroatoms. The molecule has 5 nitrogen and oxygen atoms in total. The molecule has 5 N–H and O–H groups in total. The summed E-state index contributed by atoms with van der Waals surface area (Å²) < 4.78 is 0.113. The Kier molecular flexibility index (Phi) is 6.89. The third kappa shape index (κ3) is 5.61. The fourth-order valence-electron chi connectivity index (χ4n) is 1.69. The topological polar surface area (TPSA) is 98.2 Å². The van der Waals surface area contributed by atoms with Gasteiger partial charge in [-0.25, -0.2) is 0 Å². The average Bonchev–Trinajstić information content (AvgIpc) is 2.61. The summed E-state index contributed by atoms with van der Waals surface area (Å²) in [6.07, 6.45) is 2.18. The van der Waals surface area contributed by atoms with E-state index in [1.54, 1.807) is 0 Å². The van der Waals surface area contributed by atoms with Gasteiger partial charge in [0.05, 0.1) is 12.5 Å². The summed E-state index contributed by atoms with van der Waals surface area (Å²) in [5.41, 5.74) is 10.5. The maximum Gasteiger partial charge on any atom is 0.237 e. The second kappa shape index (κ2) is 7.08. The van der Waals surface area contributed by atoms with Crippen molar-refractivity contribution in [2.24, 2.45) is 11.5 Å². The molecule has 0 spiro atoms. The quantitative estimate of drug-likeness (QED) is 0.661. The van der Waals surface area contributed by atoms with Crippen molar-refractivity contribution < 1.29 is 9.59 Å². The van der Waals surface area contributed by atoms with Gasteiger partial charge in [0.15, 0.2) is 0 Å². The van der Waals surface area contributed by atoms with Crippen molar-refractivity contribution in [1.82, 2.24) is 5.32 Å². The van der Waals surface area contributed by atoms with Crippen LogP contribution in [0.15, 0.2) is 0 Å². The standard InChI is InChI=1S/C10H19N3O2S.ClH/c1-10(3-2-4-16-10)6-13-9(15)7(11)5-8(12)14;/h7H,2-6,11H2,1H3,(H2,12,14)(H,13,15);1H. The zero-order chi connectivity index (χ0) is 12.2. The molecule has 0 aliphatic carbocycles. The minimum Gasteiger partial charge on any atom is -0.370 e. The first-order valence-electron chi connectivity index (χ1n) is 5.38. The van der Waals surface area contributed by atoms with Gasteiger partial charge in [-0.15, -0.1) is 12.4 Å². The molecule has 1 aliphatic rings. The number of nitrogens with two attached hydrogens (primary N) is 2. The first-order valence-corrected chi connectivity index (χ1v) is 6.37. The number of nitrogens with one attached hydrogen (secondary N) is 1. The minimum absolute atomic E-state index is 0. The third-order valence-corrected chi connectivity index (χ3v) is 4.23. The Morgan fingerprint density at radius 1 is 1.53 bits per heavy atom. The fourth-order valence-corrected chi connectivity index (χ4v) is 2.94. The van der Waals surface area contributed by atoms with Crippen molar-refractivity contribution in [2.75, 3.05) is 12.3 Å². The highest BCUT2D eigenvalue weighted by molar-refractivity contribution is 8.00. The molecule has 0 bridgehead atoms. The van der Waals surface area contributed by atoms with Gasteiger partial charge < -0.3 is 16.8 Å². The molecule has 2 unspecified atom stereocenters. The smallest absolute Gasteiger partial charge is 0.237 e. The summed E-state index contributed by atoms with van der Waals surface area (Å²) in [6.45, 7) is 2.73. The highest BCUT2D eigenvalue weighted by Gasteiger charge is 2.30. The van der Waals surface area contributed by atoms with Crippen LogP contribution in [0.1, 0.15) is 26.2 Å². The van der Waals surface area contributed by atoms with Gasteiger partial charge in [-0.05, 0) is 25.5 Å². The van der Waals surface area contributed by atoms with Gasteiger partial charge in [-0.2, -0.15) is 11.8 Å². The van der Waals surface area contributed by atoms with Crippen LogP contribution in [0.25, 0.3) is 0 Å². The molecule has 0 aromatic heterocycles. The summed E-state index contributed by atoms with van der Waals surface area (Å²) in [6, 6.07) is -0.826. The van der Waals surface area contributed by atoms with Gasteiger partial charge in [-0.3, -0.25) is 9.59 Å². The van der Waals surface area contributed by atoms with Crippen LogP contribution >= 0.6 is 24.2 Å². The van der Waals surface area contributed by atoms with Crippen LogP contribution in [0.5, 0.6) is 0 Å². The monoisotopic (exact) mass is 281 g/mol. The first kappa shape index (κ1) is 16.5. The number of hydrogen-bond acceptors (Lipinski definition) is 4. The highest BCUT2D eigenvalue weighted by atomic mass is 35.5. The van der Waals surface area contributed by atoms with Gasteiger partial charge in [0, 0.05) is 11.3 Å². The van der Waals surface area contributed by atoms with E-state index >= 15 is 0 Å². The minimum atomic E-state index is -0.826. The molecule has 2 atom stereocenters. The molecule has 1 heterocycles. The maximum absolute atomic E-state index is 11.5. The van der Waals surface area contributed by atoms with Crippen LogP contribution in [0.3, 0.4) is 0 Å². The SMILES string of the molecule is CC1(CNC(=O)C(N)CC(N)=O)CCCS1.Cl.